The summed E-state index contributed by atoms with van der Waals surface area (Å²) < 4.78 is 0. The van der Waals surface area contributed by atoms with E-state index in [1.807, 2.05) is 19.1 Å². The number of halogens is 1. The van der Waals surface area contributed by atoms with Crippen LogP contribution >= 0.6 is 22.9 Å². The first kappa shape index (κ1) is 11.6. The molecule has 0 spiro atoms. The Morgan fingerprint density at radius 1 is 1.44 bits per heavy atom. The summed E-state index contributed by atoms with van der Waals surface area (Å²) in [7, 11) is 0. The number of aromatic nitrogens is 1. The number of aryl methyl sites for hydroxylation is 1. The minimum Gasteiger partial charge on any atom is -0.330 e. The maximum atomic E-state index is 5.99. The van der Waals surface area contributed by atoms with Gasteiger partial charge in [0.25, 0.3) is 0 Å². The SMILES string of the molecule is Cc1cc(-c2csc(CCN)n2)ccc1Cl. The summed E-state index contributed by atoms with van der Waals surface area (Å²) >= 11 is 7.64. The molecule has 4 heteroatoms. The van der Waals surface area contributed by atoms with Gasteiger partial charge in [0, 0.05) is 22.4 Å². The molecular formula is C12H13ClN2S. The number of rotatable bonds is 3. The lowest BCUT2D eigenvalue weighted by Gasteiger charge is -2.00. The molecule has 0 aliphatic rings. The largest absolute Gasteiger partial charge is 0.330 e. The van der Waals surface area contributed by atoms with Gasteiger partial charge >= 0.3 is 0 Å². The van der Waals surface area contributed by atoms with Crippen LogP contribution in [0, 0.1) is 6.92 Å². The first-order valence-corrected chi connectivity index (χ1v) is 6.37. The zero-order valence-corrected chi connectivity index (χ0v) is 10.6. The number of hydrogen-bond acceptors (Lipinski definition) is 3. The van der Waals surface area contributed by atoms with Crippen molar-refractivity contribution in [2.75, 3.05) is 6.54 Å². The first-order valence-electron chi connectivity index (χ1n) is 5.11. The molecule has 0 atom stereocenters. The Morgan fingerprint density at radius 3 is 2.94 bits per heavy atom. The topological polar surface area (TPSA) is 38.9 Å². The highest BCUT2D eigenvalue weighted by Crippen LogP contribution is 2.26. The highest BCUT2D eigenvalue weighted by Gasteiger charge is 2.05. The summed E-state index contributed by atoms with van der Waals surface area (Å²) in [4.78, 5) is 4.54. The van der Waals surface area contributed by atoms with Crippen molar-refractivity contribution >= 4 is 22.9 Å². The lowest BCUT2D eigenvalue weighted by Crippen LogP contribution is -2.01. The molecule has 0 saturated carbocycles. The zero-order valence-electron chi connectivity index (χ0n) is 9.03. The Labute approximate surface area is 104 Å². The van der Waals surface area contributed by atoms with Gasteiger partial charge in [0.15, 0.2) is 0 Å². The molecule has 2 N–H and O–H groups in total. The van der Waals surface area contributed by atoms with Crippen LogP contribution in [-0.2, 0) is 6.42 Å². The summed E-state index contributed by atoms with van der Waals surface area (Å²) in [5, 5.41) is 3.94. The fourth-order valence-electron chi connectivity index (χ4n) is 1.49. The Kier molecular flexibility index (Phi) is 3.59. The third-order valence-electron chi connectivity index (χ3n) is 2.36. The van der Waals surface area contributed by atoms with Gasteiger partial charge in [0.05, 0.1) is 10.7 Å². The van der Waals surface area contributed by atoms with Crippen LogP contribution in [0.1, 0.15) is 10.6 Å². The molecule has 84 valence electrons. The van der Waals surface area contributed by atoms with Crippen LogP contribution in [0.4, 0.5) is 0 Å². The van der Waals surface area contributed by atoms with E-state index in [1.54, 1.807) is 11.3 Å². The van der Waals surface area contributed by atoms with Crippen LogP contribution in [0.15, 0.2) is 23.6 Å². The van der Waals surface area contributed by atoms with Crippen molar-refractivity contribution in [3.8, 4) is 11.3 Å². The zero-order chi connectivity index (χ0) is 11.5. The van der Waals surface area contributed by atoms with Crippen molar-refractivity contribution in [3.05, 3.63) is 39.2 Å². The second-order valence-electron chi connectivity index (χ2n) is 3.63. The summed E-state index contributed by atoms with van der Waals surface area (Å²) in [5.41, 5.74) is 8.70. The maximum Gasteiger partial charge on any atom is 0.0945 e. The molecule has 0 saturated heterocycles. The quantitative estimate of drug-likeness (QED) is 0.911. The van der Waals surface area contributed by atoms with Crippen LogP contribution in [0.5, 0.6) is 0 Å². The third kappa shape index (κ3) is 2.43. The van der Waals surface area contributed by atoms with E-state index in [2.05, 4.69) is 16.4 Å². The molecule has 0 radical (unpaired) electrons. The molecule has 0 fully saturated rings. The van der Waals surface area contributed by atoms with E-state index in [9.17, 15) is 0 Å². The number of nitrogens with zero attached hydrogens (tertiary/aromatic N) is 1. The van der Waals surface area contributed by atoms with E-state index in [1.165, 1.54) is 0 Å². The fourth-order valence-corrected chi connectivity index (χ4v) is 2.43. The lowest BCUT2D eigenvalue weighted by atomic mass is 10.1. The Morgan fingerprint density at radius 2 is 2.25 bits per heavy atom. The molecule has 2 nitrogen and oxygen atoms in total. The van der Waals surface area contributed by atoms with Gasteiger partial charge in [0.2, 0.25) is 0 Å². The first-order chi connectivity index (χ1) is 7.70. The van der Waals surface area contributed by atoms with Gasteiger partial charge in [-0.3, -0.25) is 0 Å². The van der Waals surface area contributed by atoms with Crippen LogP contribution in [-0.4, -0.2) is 11.5 Å². The standard InChI is InChI=1S/C12H13ClN2S/c1-8-6-9(2-3-10(8)13)11-7-16-12(15-11)4-5-14/h2-3,6-7H,4-5,14H2,1H3. The smallest absolute Gasteiger partial charge is 0.0945 e. The summed E-state index contributed by atoms with van der Waals surface area (Å²) in [6, 6.07) is 5.97. The number of hydrogen-bond donors (Lipinski definition) is 1. The molecule has 16 heavy (non-hydrogen) atoms. The van der Waals surface area contributed by atoms with Crippen LogP contribution in [0.2, 0.25) is 5.02 Å². The molecule has 2 aromatic rings. The van der Waals surface area contributed by atoms with Gasteiger partial charge in [-0.1, -0.05) is 17.7 Å². The average molecular weight is 253 g/mol. The van der Waals surface area contributed by atoms with E-state index in [0.29, 0.717) is 6.54 Å². The third-order valence-corrected chi connectivity index (χ3v) is 3.70. The second-order valence-corrected chi connectivity index (χ2v) is 4.98. The van der Waals surface area contributed by atoms with Crippen molar-refractivity contribution in [2.24, 2.45) is 5.73 Å². The molecule has 0 amide bonds. The van der Waals surface area contributed by atoms with Crippen molar-refractivity contribution in [2.45, 2.75) is 13.3 Å². The normalized spacial score (nSPS) is 10.7. The molecule has 0 aliphatic heterocycles. The Bertz CT molecular complexity index is 494. The molecule has 1 aromatic heterocycles. The average Bonchev–Trinajstić information content (AvgIpc) is 2.71. The number of nitrogens with two attached hydrogens (primary N) is 1. The van der Waals surface area contributed by atoms with E-state index in [-0.39, 0.29) is 0 Å². The molecule has 1 aromatic carbocycles. The summed E-state index contributed by atoms with van der Waals surface area (Å²) in [5.74, 6) is 0. The molecular weight excluding hydrogens is 240 g/mol. The monoisotopic (exact) mass is 252 g/mol. The van der Waals surface area contributed by atoms with E-state index < -0.39 is 0 Å². The maximum absolute atomic E-state index is 5.99. The van der Waals surface area contributed by atoms with Gasteiger partial charge in [0.1, 0.15) is 0 Å². The Balaban J connectivity index is 2.31. The predicted molar refractivity (Wildman–Crippen MR) is 70.1 cm³/mol. The second kappa shape index (κ2) is 4.95. The number of thiazole rings is 1. The van der Waals surface area contributed by atoms with E-state index >= 15 is 0 Å². The van der Waals surface area contributed by atoms with Crippen molar-refractivity contribution in [3.63, 3.8) is 0 Å². The van der Waals surface area contributed by atoms with E-state index in [4.69, 9.17) is 17.3 Å². The summed E-state index contributed by atoms with van der Waals surface area (Å²) in [6.07, 6.45) is 0.844. The molecule has 2 rings (SSSR count). The predicted octanol–water partition coefficient (Wildman–Crippen LogP) is 3.27. The van der Waals surface area contributed by atoms with Gasteiger partial charge in [-0.15, -0.1) is 11.3 Å². The highest BCUT2D eigenvalue weighted by atomic mass is 35.5. The molecule has 0 aliphatic carbocycles. The fraction of sp³-hybridized carbons (Fsp3) is 0.250. The lowest BCUT2D eigenvalue weighted by molar-refractivity contribution is 0.954. The molecule has 0 unspecified atom stereocenters. The molecule has 0 bridgehead atoms. The summed E-state index contributed by atoms with van der Waals surface area (Å²) in [6.45, 7) is 2.64. The molecule has 1 heterocycles. The minimum atomic E-state index is 0.645. The highest BCUT2D eigenvalue weighted by molar-refractivity contribution is 7.09. The number of benzene rings is 1. The van der Waals surface area contributed by atoms with Gasteiger partial charge < -0.3 is 5.73 Å². The van der Waals surface area contributed by atoms with Gasteiger partial charge in [-0.05, 0) is 31.2 Å². The van der Waals surface area contributed by atoms with Crippen molar-refractivity contribution in [1.29, 1.82) is 0 Å². The van der Waals surface area contributed by atoms with Gasteiger partial charge in [-0.25, -0.2) is 4.98 Å². The van der Waals surface area contributed by atoms with Crippen LogP contribution in [0.25, 0.3) is 11.3 Å². The van der Waals surface area contributed by atoms with Crippen LogP contribution in [0.3, 0.4) is 0 Å². The van der Waals surface area contributed by atoms with Crippen molar-refractivity contribution < 1.29 is 0 Å². The van der Waals surface area contributed by atoms with E-state index in [0.717, 1.165) is 33.3 Å². The van der Waals surface area contributed by atoms with Crippen LogP contribution < -0.4 is 5.73 Å². The van der Waals surface area contributed by atoms with Crippen molar-refractivity contribution in [1.82, 2.24) is 4.98 Å². The Hall–Kier alpha value is -0.900. The minimum absolute atomic E-state index is 0.645. The van der Waals surface area contributed by atoms with Gasteiger partial charge in [-0.2, -0.15) is 0 Å².